The molecule has 29 heavy (non-hydrogen) atoms. The van der Waals surface area contributed by atoms with E-state index in [0.717, 1.165) is 17.7 Å². The lowest BCUT2D eigenvalue weighted by molar-refractivity contribution is -0.126. The van der Waals surface area contributed by atoms with Crippen molar-refractivity contribution in [2.45, 2.75) is 39.0 Å². The number of anilines is 1. The highest BCUT2D eigenvalue weighted by atomic mass is 19.3. The third-order valence-corrected chi connectivity index (χ3v) is 4.69. The standard InChI is InChI=1S/C21H21F2NO5/c1-12-10-14-6-4-5-7-16(14)24(12)19(25)13(2)28-20(26)15-8-9-17(29-21(22)23)18(11-15)27-3/h4-9,11-13,21H,10H2,1-3H3/t12-,13-/m0/s1. The van der Waals surface area contributed by atoms with E-state index in [1.54, 1.807) is 4.90 Å². The zero-order chi connectivity index (χ0) is 21.1. The number of alkyl halides is 2. The van der Waals surface area contributed by atoms with Crippen LogP contribution >= 0.6 is 0 Å². The lowest BCUT2D eigenvalue weighted by Crippen LogP contribution is -2.43. The first kappa shape index (κ1) is 20.6. The van der Waals surface area contributed by atoms with E-state index in [-0.39, 0.29) is 29.0 Å². The minimum Gasteiger partial charge on any atom is -0.493 e. The van der Waals surface area contributed by atoms with Gasteiger partial charge in [-0.15, -0.1) is 0 Å². The van der Waals surface area contributed by atoms with E-state index >= 15 is 0 Å². The first-order valence-electron chi connectivity index (χ1n) is 9.06. The predicted molar refractivity (Wildman–Crippen MR) is 102 cm³/mol. The van der Waals surface area contributed by atoms with E-state index in [1.807, 2.05) is 31.2 Å². The van der Waals surface area contributed by atoms with Crippen LogP contribution in [0.2, 0.25) is 0 Å². The second-order valence-corrected chi connectivity index (χ2v) is 6.68. The van der Waals surface area contributed by atoms with Crippen LogP contribution in [0.15, 0.2) is 42.5 Å². The van der Waals surface area contributed by atoms with Crippen LogP contribution in [-0.4, -0.2) is 37.7 Å². The number of rotatable bonds is 6. The van der Waals surface area contributed by atoms with E-state index in [2.05, 4.69) is 4.74 Å². The Labute approximate surface area is 167 Å². The molecule has 0 aliphatic carbocycles. The van der Waals surface area contributed by atoms with Gasteiger partial charge in [-0.25, -0.2) is 4.79 Å². The zero-order valence-corrected chi connectivity index (χ0v) is 16.2. The predicted octanol–water partition coefficient (Wildman–Crippen LogP) is 3.82. The van der Waals surface area contributed by atoms with Crippen molar-refractivity contribution in [1.82, 2.24) is 0 Å². The molecule has 1 aliphatic heterocycles. The van der Waals surface area contributed by atoms with Crippen LogP contribution in [0.25, 0.3) is 0 Å². The van der Waals surface area contributed by atoms with Gasteiger partial charge >= 0.3 is 12.6 Å². The van der Waals surface area contributed by atoms with Crippen LogP contribution in [-0.2, 0) is 16.0 Å². The third kappa shape index (κ3) is 4.31. The van der Waals surface area contributed by atoms with Gasteiger partial charge in [0.05, 0.1) is 12.7 Å². The van der Waals surface area contributed by atoms with Crippen molar-refractivity contribution < 1.29 is 32.6 Å². The van der Waals surface area contributed by atoms with Gasteiger partial charge in [-0.1, -0.05) is 18.2 Å². The quantitative estimate of drug-likeness (QED) is 0.684. The SMILES string of the molecule is COc1cc(C(=O)O[C@@H](C)C(=O)N2c3ccccc3C[C@@H]2C)ccc1OC(F)F. The monoisotopic (exact) mass is 405 g/mol. The molecule has 0 N–H and O–H groups in total. The molecule has 1 amide bonds. The molecule has 0 aromatic heterocycles. The van der Waals surface area contributed by atoms with Crippen molar-refractivity contribution >= 4 is 17.6 Å². The maximum absolute atomic E-state index is 12.9. The molecule has 154 valence electrons. The fourth-order valence-electron chi connectivity index (χ4n) is 3.36. The van der Waals surface area contributed by atoms with Crippen LogP contribution in [0.1, 0.15) is 29.8 Å². The summed E-state index contributed by atoms with van der Waals surface area (Å²) in [5, 5.41) is 0. The number of hydrogen-bond acceptors (Lipinski definition) is 5. The molecule has 8 heteroatoms. The van der Waals surface area contributed by atoms with Crippen LogP contribution in [0.5, 0.6) is 11.5 Å². The van der Waals surface area contributed by atoms with Crippen molar-refractivity contribution in [2.75, 3.05) is 12.0 Å². The second kappa shape index (κ2) is 8.46. The number of ether oxygens (including phenoxy) is 3. The van der Waals surface area contributed by atoms with Gasteiger partial charge in [0, 0.05) is 11.7 Å². The van der Waals surface area contributed by atoms with E-state index in [0.29, 0.717) is 0 Å². The van der Waals surface area contributed by atoms with E-state index in [1.165, 1.54) is 32.2 Å². The Kier molecular flexibility index (Phi) is 6.00. The Hall–Kier alpha value is -3.16. The summed E-state index contributed by atoms with van der Waals surface area (Å²) in [7, 11) is 1.27. The molecular weight excluding hydrogens is 384 g/mol. The van der Waals surface area contributed by atoms with Gasteiger partial charge in [0.25, 0.3) is 5.91 Å². The molecule has 3 rings (SSSR count). The Morgan fingerprint density at radius 3 is 2.55 bits per heavy atom. The number of benzene rings is 2. The highest BCUT2D eigenvalue weighted by molar-refractivity contribution is 6.01. The number of amides is 1. The van der Waals surface area contributed by atoms with Gasteiger partial charge in [0.1, 0.15) is 0 Å². The topological polar surface area (TPSA) is 65.1 Å². The summed E-state index contributed by atoms with van der Waals surface area (Å²) in [5.74, 6) is -1.35. The summed E-state index contributed by atoms with van der Waals surface area (Å²) in [6.07, 6.45) is -0.301. The number of halogens is 2. The Bertz CT molecular complexity index is 918. The number of hydrogen-bond donors (Lipinski definition) is 0. The fraction of sp³-hybridized carbons (Fsp3) is 0.333. The van der Waals surface area contributed by atoms with Gasteiger partial charge in [0.15, 0.2) is 17.6 Å². The molecule has 0 saturated heterocycles. The Morgan fingerprint density at radius 1 is 1.14 bits per heavy atom. The highest BCUT2D eigenvalue weighted by Gasteiger charge is 2.34. The van der Waals surface area contributed by atoms with Crippen LogP contribution in [0, 0.1) is 0 Å². The summed E-state index contributed by atoms with van der Waals surface area (Å²) in [6, 6.07) is 11.2. The van der Waals surface area contributed by atoms with E-state index < -0.39 is 18.7 Å². The number of fused-ring (bicyclic) bond motifs is 1. The smallest absolute Gasteiger partial charge is 0.387 e. The molecule has 0 saturated carbocycles. The molecule has 0 radical (unpaired) electrons. The van der Waals surface area contributed by atoms with E-state index in [4.69, 9.17) is 9.47 Å². The van der Waals surface area contributed by atoms with Crippen molar-refractivity contribution in [3.63, 3.8) is 0 Å². The van der Waals surface area contributed by atoms with Crippen LogP contribution < -0.4 is 14.4 Å². The normalized spacial score (nSPS) is 16.3. The average molecular weight is 405 g/mol. The third-order valence-electron chi connectivity index (χ3n) is 4.69. The van der Waals surface area contributed by atoms with Crippen LogP contribution in [0.3, 0.4) is 0 Å². The molecule has 1 aliphatic rings. The Balaban J connectivity index is 1.73. The summed E-state index contributed by atoms with van der Waals surface area (Å²) in [6.45, 7) is 0.406. The van der Waals surface area contributed by atoms with Crippen molar-refractivity contribution in [3.05, 3.63) is 53.6 Å². The molecule has 0 unspecified atom stereocenters. The number of esters is 1. The molecule has 0 bridgehead atoms. The number of nitrogens with zero attached hydrogens (tertiary/aromatic N) is 1. The molecule has 6 nitrogen and oxygen atoms in total. The highest BCUT2D eigenvalue weighted by Crippen LogP contribution is 2.33. The minimum absolute atomic E-state index is 0.0409. The molecule has 2 aromatic rings. The number of carbonyl (C=O) groups is 2. The molecule has 0 fully saturated rings. The number of methoxy groups -OCH3 is 1. The lowest BCUT2D eigenvalue weighted by Gasteiger charge is -2.26. The fourth-order valence-corrected chi connectivity index (χ4v) is 3.36. The minimum atomic E-state index is -3.02. The number of para-hydroxylation sites is 1. The van der Waals surface area contributed by atoms with Crippen molar-refractivity contribution in [3.8, 4) is 11.5 Å². The molecule has 1 heterocycles. The van der Waals surface area contributed by atoms with Gasteiger partial charge in [-0.05, 0) is 50.1 Å². The van der Waals surface area contributed by atoms with Gasteiger partial charge in [-0.2, -0.15) is 8.78 Å². The molecular formula is C21H21F2NO5. The van der Waals surface area contributed by atoms with Gasteiger partial charge < -0.3 is 19.1 Å². The van der Waals surface area contributed by atoms with Gasteiger partial charge in [-0.3, -0.25) is 4.79 Å². The lowest BCUT2D eigenvalue weighted by atomic mass is 10.1. The summed E-state index contributed by atoms with van der Waals surface area (Å²) < 4.78 is 39.5. The Morgan fingerprint density at radius 2 is 1.86 bits per heavy atom. The van der Waals surface area contributed by atoms with Crippen molar-refractivity contribution in [1.29, 1.82) is 0 Å². The summed E-state index contributed by atoms with van der Waals surface area (Å²) in [4.78, 5) is 27.0. The first-order valence-corrected chi connectivity index (χ1v) is 9.06. The maximum atomic E-state index is 12.9. The first-order chi connectivity index (χ1) is 13.8. The maximum Gasteiger partial charge on any atom is 0.387 e. The zero-order valence-electron chi connectivity index (χ0n) is 16.2. The molecule has 2 aromatic carbocycles. The molecule has 0 spiro atoms. The van der Waals surface area contributed by atoms with Gasteiger partial charge in [0.2, 0.25) is 0 Å². The summed E-state index contributed by atoms with van der Waals surface area (Å²) in [5.41, 5.74) is 1.92. The molecule has 2 atom stereocenters. The number of carbonyl (C=O) groups excluding carboxylic acids is 2. The second-order valence-electron chi connectivity index (χ2n) is 6.68. The largest absolute Gasteiger partial charge is 0.493 e. The van der Waals surface area contributed by atoms with Crippen molar-refractivity contribution in [2.24, 2.45) is 0 Å². The summed E-state index contributed by atoms with van der Waals surface area (Å²) >= 11 is 0. The average Bonchev–Trinajstić information content (AvgIpc) is 3.02. The van der Waals surface area contributed by atoms with Crippen LogP contribution in [0.4, 0.5) is 14.5 Å². The van der Waals surface area contributed by atoms with E-state index in [9.17, 15) is 18.4 Å².